The van der Waals surface area contributed by atoms with Gasteiger partial charge in [-0.25, -0.2) is 4.98 Å². The lowest BCUT2D eigenvalue weighted by Gasteiger charge is -2.11. The summed E-state index contributed by atoms with van der Waals surface area (Å²) in [7, 11) is 0. The van der Waals surface area contributed by atoms with Crippen LogP contribution in [-0.4, -0.2) is 22.7 Å². The molecule has 2 heterocycles. The second-order valence-electron chi connectivity index (χ2n) is 6.22. The van der Waals surface area contributed by atoms with Crippen LogP contribution in [0.4, 0.5) is 11.5 Å². The molecule has 0 saturated carbocycles. The highest BCUT2D eigenvalue weighted by atomic mass is 15.0. The number of pyridine rings is 2. The molecule has 0 fully saturated rings. The molecule has 2 aromatic heterocycles. The van der Waals surface area contributed by atoms with Crippen LogP contribution in [0.5, 0.6) is 0 Å². The van der Waals surface area contributed by atoms with Crippen LogP contribution in [0.15, 0.2) is 54.9 Å². The number of nitrogen functional groups attached to an aromatic ring is 1. The Hall–Kier alpha value is -3.41. The number of hydrogen-bond donors (Lipinski definition) is 4. The first-order valence-corrected chi connectivity index (χ1v) is 8.99. The van der Waals surface area contributed by atoms with Crippen LogP contribution in [0.3, 0.4) is 0 Å². The molecule has 3 rings (SSSR count). The minimum absolute atomic E-state index is 0.576. The summed E-state index contributed by atoms with van der Waals surface area (Å²) in [4.78, 5) is 8.93. The average molecular weight is 360 g/mol. The molecule has 0 atom stereocenters. The molecule has 0 saturated heterocycles. The van der Waals surface area contributed by atoms with Crippen LogP contribution < -0.4 is 16.4 Å². The maximum Gasteiger partial charge on any atom is 0.150 e. The average Bonchev–Trinajstić information content (AvgIpc) is 2.71. The quantitative estimate of drug-likeness (QED) is 0.361. The van der Waals surface area contributed by atoms with Crippen molar-refractivity contribution in [2.24, 2.45) is 0 Å². The molecule has 0 aliphatic heterocycles. The van der Waals surface area contributed by atoms with E-state index < -0.39 is 0 Å². The van der Waals surface area contributed by atoms with Crippen molar-refractivity contribution in [1.82, 2.24) is 15.3 Å². The molecular formula is C21H24N6. The first kappa shape index (κ1) is 18.4. The van der Waals surface area contributed by atoms with E-state index in [4.69, 9.17) is 11.1 Å². The molecule has 138 valence electrons. The van der Waals surface area contributed by atoms with E-state index in [1.54, 1.807) is 6.20 Å². The van der Waals surface area contributed by atoms with Gasteiger partial charge in [-0.05, 0) is 42.3 Å². The van der Waals surface area contributed by atoms with Crippen molar-refractivity contribution < 1.29 is 0 Å². The van der Waals surface area contributed by atoms with Crippen LogP contribution >= 0.6 is 0 Å². The molecule has 1 aromatic carbocycles. The monoisotopic (exact) mass is 360 g/mol. The summed E-state index contributed by atoms with van der Waals surface area (Å²) in [5.41, 5.74) is 10.2. The molecular weight excluding hydrogens is 336 g/mol. The van der Waals surface area contributed by atoms with Gasteiger partial charge in [-0.3, -0.25) is 4.98 Å². The highest BCUT2D eigenvalue weighted by Gasteiger charge is 2.07. The number of hydrogen-bond acceptors (Lipinski definition) is 6. The number of benzene rings is 1. The molecule has 6 nitrogen and oxygen atoms in total. The third-order valence-corrected chi connectivity index (χ3v) is 4.16. The summed E-state index contributed by atoms with van der Waals surface area (Å²) in [6.07, 6.45) is 5.92. The topological polar surface area (TPSA) is 99.7 Å². The number of allylic oxidation sites excluding steroid dienone is 1. The van der Waals surface area contributed by atoms with Gasteiger partial charge in [0.05, 0.1) is 16.9 Å². The molecule has 0 aliphatic carbocycles. The van der Waals surface area contributed by atoms with E-state index in [0.29, 0.717) is 29.3 Å². The van der Waals surface area contributed by atoms with Crippen LogP contribution in [0.25, 0.3) is 16.5 Å². The summed E-state index contributed by atoms with van der Waals surface area (Å²) in [5.74, 6) is 0.613. The second kappa shape index (κ2) is 8.80. The van der Waals surface area contributed by atoms with Crippen LogP contribution in [0.2, 0.25) is 0 Å². The van der Waals surface area contributed by atoms with Crippen molar-refractivity contribution in [1.29, 1.82) is 5.41 Å². The minimum Gasteiger partial charge on any atom is -0.396 e. The molecule has 3 aromatic rings. The van der Waals surface area contributed by atoms with Crippen molar-refractivity contribution in [3.8, 4) is 0 Å². The molecule has 0 unspecified atom stereocenters. The Morgan fingerprint density at radius 1 is 1.22 bits per heavy atom. The largest absolute Gasteiger partial charge is 0.396 e. The first-order valence-electron chi connectivity index (χ1n) is 8.99. The van der Waals surface area contributed by atoms with Gasteiger partial charge >= 0.3 is 0 Å². The van der Waals surface area contributed by atoms with E-state index in [1.807, 2.05) is 42.6 Å². The van der Waals surface area contributed by atoms with Gasteiger partial charge in [0.1, 0.15) is 5.82 Å². The van der Waals surface area contributed by atoms with Crippen LogP contribution in [0.1, 0.15) is 24.6 Å². The van der Waals surface area contributed by atoms with E-state index in [1.165, 1.54) is 6.21 Å². The zero-order chi connectivity index (χ0) is 19.1. The number of nitrogens with two attached hydrogens (primary N) is 1. The number of fused-ring (bicyclic) bond motifs is 1. The molecule has 0 spiro atoms. The van der Waals surface area contributed by atoms with Gasteiger partial charge in [-0.2, -0.15) is 0 Å². The van der Waals surface area contributed by atoms with Crippen molar-refractivity contribution >= 4 is 34.2 Å². The number of aromatic nitrogens is 2. The van der Waals surface area contributed by atoms with Gasteiger partial charge in [0.25, 0.3) is 0 Å². The molecule has 0 amide bonds. The predicted octanol–water partition coefficient (Wildman–Crippen LogP) is 3.81. The minimum atomic E-state index is 0.576. The summed E-state index contributed by atoms with van der Waals surface area (Å²) in [5, 5.41) is 15.2. The van der Waals surface area contributed by atoms with E-state index in [9.17, 15) is 0 Å². The fraction of sp³-hybridized carbons (Fsp3) is 0.190. The molecule has 6 heteroatoms. The molecule has 0 bridgehead atoms. The maximum atomic E-state index is 7.64. The van der Waals surface area contributed by atoms with E-state index in [2.05, 4.69) is 33.6 Å². The first-order chi connectivity index (χ1) is 13.2. The van der Waals surface area contributed by atoms with Gasteiger partial charge in [-0.15, -0.1) is 0 Å². The smallest absolute Gasteiger partial charge is 0.150 e. The number of nitrogens with zero attached hydrogens (tertiary/aromatic N) is 2. The maximum absolute atomic E-state index is 7.64. The molecule has 0 radical (unpaired) electrons. The van der Waals surface area contributed by atoms with E-state index in [0.717, 1.165) is 29.4 Å². The number of rotatable bonds is 8. The van der Waals surface area contributed by atoms with Gasteiger partial charge in [0.15, 0.2) is 0 Å². The Kier molecular flexibility index (Phi) is 5.99. The predicted molar refractivity (Wildman–Crippen MR) is 113 cm³/mol. The van der Waals surface area contributed by atoms with Crippen molar-refractivity contribution in [3.63, 3.8) is 0 Å². The Bertz CT molecular complexity index is 964. The summed E-state index contributed by atoms with van der Waals surface area (Å²) in [6.45, 7) is 3.55. The SMILES string of the molecule is CCCN/C=C(\C=N)c1ccc(N)c(NCc2ccc3ncccc3c2)n1. The van der Waals surface area contributed by atoms with Gasteiger partial charge in [0, 0.05) is 42.7 Å². The lowest BCUT2D eigenvalue weighted by Crippen LogP contribution is -2.09. The third-order valence-electron chi connectivity index (χ3n) is 4.16. The second-order valence-corrected chi connectivity index (χ2v) is 6.22. The summed E-state index contributed by atoms with van der Waals surface area (Å²) in [6, 6.07) is 13.8. The molecule has 5 N–H and O–H groups in total. The summed E-state index contributed by atoms with van der Waals surface area (Å²) < 4.78 is 0. The van der Waals surface area contributed by atoms with Gasteiger partial charge in [-0.1, -0.05) is 19.1 Å². The standard InChI is InChI=1S/C21H24N6/c1-2-9-24-14-17(12-22)20-8-6-18(23)21(27-20)26-13-15-5-7-19-16(11-15)4-3-10-25-19/h3-8,10-12,14,22,24H,2,9,13,23H2,1H3,(H,26,27)/b17-14+,22-12?. The molecule has 27 heavy (non-hydrogen) atoms. The lowest BCUT2D eigenvalue weighted by molar-refractivity contribution is 0.811. The fourth-order valence-electron chi connectivity index (χ4n) is 2.71. The lowest BCUT2D eigenvalue weighted by atomic mass is 10.1. The zero-order valence-electron chi connectivity index (χ0n) is 15.4. The number of anilines is 2. The van der Waals surface area contributed by atoms with E-state index >= 15 is 0 Å². The Morgan fingerprint density at radius 3 is 2.93 bits per heavy atom. The van der Waals surface area contributed by atoms with Crippen molar-refractivity contribution in [2.45, 2.75) is 19.9 Å². The van der Waals surface area contributed by atoms with Crippen LogP contribution in [0, 0.1) is 5.41 Å². The van der Waals surface area contributed by atoms with Crippen molar-refractivity contribution in [3.05, 3.63) is 66.1 Å². The normalized spacial score (nSPS) is 11.4. The third kappa shape index (κ3) is 4.61. The van der Waals surface area contributed by atoms with Gasteiger partial charge < -0.3 is 21.8 Å². The zero-order valence-corrected chi connectivity index (χ0v) is 15.4. The van der Waals surface area contributed by atoms with E-state index in [-0.39, 0.29) is 0 Å². The Morgan fingerprint density at radius 2 is 2.11 bits per heavy atom. The van der Waals surface area contributed by atoms with Crippen LogP contribution in [-0.2, 0) is 6.54 Å². The highest BCUT2D eigenvalue weighted by molar-refractivity contribution is 6.07. The Balaban J connectivity index is 1.77. The molecule has 0 aliphatic rings. The highest BCUT2D eigenvalue weighted by Crippen LogP contribution is 2.21. The number of nitrogens with one attached hydrogen (secondary N) is 3. The summed E-state index contributed by atoms with van der Waals surface area (Å²) >= 11 is 0. The fourth-order valence-corrected chi connectivity index (χ4v) is 2.71. The van der Waals surface area contributed by atoms with Crippen molar-refractivity contribution in [2.75, 3.05) is 17.6 Å². The Labute approximate surface area is 159 Å². The van der Waals surface area contributed by atoms with Gasteiger partial charge in [0.2, 0.25) is 0 Å².